The maximum atomic E-state index is 13.2. The lowest BCUT2D eigenvalue weighted by Crippen LogP contribution is -2.28. The van der Waals surface area contributed by atoms with Crippen molar-refractivity contribution in [3.05, 3.63) is 63.6 Å². The maximum absolute atomic E-state index is 13.2. The van der Waals surface area contributed by atoms with E-state index < -0.39 is 0 Å². The predicted molar refractivity (Wildman–Crippen MR) is 134 cm³/mol. The van der Waals surface area contributed by atoms with Crippen molar-refractivity contribution in [1.82, 2.24) is 14.9 Å². The Morgan fingerprint density at radius 2 is 1.97 bits per heavy atom. The highest BCUT2D eigenvalue weighted by atomic mass is 32.2. The van der Waals surface area contributed by atoms with E-state index >= 15 is 0 Å². The molecule has 0 fully saturated rings. The van der Waals surface area contributed by atoms with Crippen LogP contribution in [0.2, 0.25) is 0 Å². The number of aromatic nitrogens is 2. The van der Waals surface area contributed by atoms with Gasteiger partial charge in [-0.05, 0) is 30.5 Å². The van der Waals surface area contributed by atoms with Gasteiger partial charge in [0.2, 0.25) is 5.91 Å². The Balaban J connectivity index is 1.40. The second-order valence-electron chi connectivity index (χ2n) is 6.55. The zero-order chi connectivity index (χ0) is 21.6. The second-order valence-corrected chi connectivity index (χ2v) is 10.5. The van der Waals surface area contributed by atoms with Gasteiger partial charge in [0.15, 0.2) is 5.16 Å². The number of carbonyl (C=O) groups excluding carboxylic acids is 1. The molecule has 4 aromatic rings. The maximum Gasteiger partial charge on any atom is 0.263 e. The van der Waals surface area contributed by atoms with Crippen molar-refractivity contribution in [2.45, 2.75) is 23.5 Å². The van der Waals surface area contributed by atoms with Crippen LogP contribution >= 0.6 is 46.2 Å². The zero-order valence-corrected chi connectivity index (χ0v) is 20.1. The highest BCUT2D eigenvalue weighted by Gasteiger charge is 2.17. The van der Waals surface area contributed by atoms with E-state index in [-0.39, 0.29) is 17.2 Å². The van der Waals surface area contributed by atoms with Crippen molar-refractivity contribution in [3.63, 3.8) is 0 Å². The van der Waals surface area contributed by atoms with Crippen LogP contribution in [0, 0.1) is 0 Å². The van der Waals surface area contributed by atoms with Gasteiger partial charge in [-0.2, -0.15) is 0 Å². The summed E-state index contributed by atoms with van der Waals surface area (Å²) in [5, 5.41) is 8.20. The summed E-state index contributed by atoms with van der Waals surface area (Å²) < 4.78 is 1.66. The monoisotopic (exact) mass is 487 g/mol. The minimum absolute atomic E-state index is 0.0423. The summed E-state index contributed by atoms with van der Waals surface area (Å²) >= 11 is 6.11. The normalized spacial score (nSPS) is 11.1. The van der Waals surface area contributed by atoms with Gasteiger partial charge in [-0.3, -0.25) is 14.2 Å². The Morgan fingerprint density at radius 1 is 1.13 bits per heavy atom. The summed E-state index contributed by atoms with van der Waals surface area (Å²) in [4.78, 5) is 33.1. The molecule has 0 radical (unpaired) electrons. The fraction of sp³-hybridized carbons (Fsp3) is 0.227. The number of carbonyl (C=O) groups is 1. The highest BCUT2D eigenvalue weighted by Crippen LogP contribution is 2.34. The first kappa shape index (κ1) is 22.1. The van der Waals surface area contributed by atoms with Gasteiger partial charge in [0.1, 0.15) is 4.83 Å². The standard InChI is InChI=1S/C22H21N3O2S4/c1-2-25-21(27)19-16(17-9-6-11-29-17)13-30-20(19)24-22(25)31-14-18(26)23-10-12-28-15-7-4-3-5-8-15/h3-9,11,13H,2,10,12,14H2,1H3,(H,23,26). The summed E-state index contributed by atoms with van der Waals surface area (Å²) in [6.07, 6.45) is 0. The lowest BCUT2D eigenvalue weighted by atomic mass is 10.2. The van der Waals surface area contributed by atoms with Crippen LogP contribution in [0.5, 0.6) is 0 Å². The molecule has 0 atom stereocenters. The summed E-state index contributed by atoms with van der Waals surface area (Å²) in [5.74, 6) is 0.989. The van der Waals surface area contributed by atoms with Gasteiger partial charge in [-0.25, -0.2) is 4.98 Å². The Bertz CT molecular complexity index is 1220. The van der Waals surface area contributed by atoms with Crippen molar-refractivity contribution in [2.24, 2.45) is 0 Å². The Labute approximate surface area is 196 Å². The van der Waals surface area contributed by atoms with Gasteiger partial charge in [-0.1, -0.05) is 36.0 Å². The van der Waals surface area contributed by atoms with Crippen LogP contribution in [0.4, 0.5) is 0 Å². The summed E-state index contributed by atoms with van der Waals surface area (Å²) in [5.41, 5.74) is 0.902. The zero-order valence-electron chi connectivity index (χ0n) is 16.9. The SMILES string of the molecule is CCn1c(SCC(=O)NCCSc2ccccc2)nc2scc(-c3cccs3)c2c1=O. The Hall–Kier alpha value is -2.07. The van der Waals surface area contributed by atoms with Crippen LogP contribution in [-0.2, 0) is 11.3 Å². The number of hydrogen-bond donors (Lipinski definition) is 1. The predicted octanol–water partition coefficient (Wildman–Crippen LogP) is 5.21. The van der Waals surface area contributed by atoms with E-state index in [2.05, 4.69) is 17.4 Å². The molecule has 0 spiro atoms. The molecule has 9 heteroatoms. The number of nitrogens with zero attached hydrogens (tertiary/aromatic N) is 2. The minimum atomic E-state index is -0.0545. The first-order valence-corrected chi connectivity index (χ1v) is 13.5. The van der Waals surface area contributed by atoms with Crippen LogP contribution < -0.4 is 10.9 Å². The molecule has 1 N–H and O–H groups in total. The lowest BCUT2D eigenvalue weighted by Gasteiger charge is -2.10. The molecule has 0 aliphatic heterocycles. The topological polar surface area (TPSA) is 64.0 Å². The molecule has 0 saturated carbocycles. The third-order valence-electron chi connectivity index (χ3n) is 4.53. The third kappa shape index (κ3) is 5.23. The number of benzene rings is 1. The van der Waals surface area contributed by atoms with Crippen LogP contribution in [0.25, 0.3) is 20.7 Å². The van der Waals surface area contributed by atoms with Crippen LogP contribution in [0.3, 0.4) is 0 Å². The Kier molecular flexibility index (Phi) is 7.49. The highest BCUT2D eigenvalue weighted by molar-refractivity contribution is 7.99. The minimum Gasteiger partial charge on any atom is -0.355 e. The molecule has 0 saturated heterocycles. The van der Waals surface area contributed by atoms with Crippen LogP contribution in [-0.4, -0.2) is 33.5 Å². The van der Waals surface area contributed by atoms with E-state index in [4.69, 9.17) is 4.98 Å². The average Bonchev–Trinajstić information content (AvgIpc) is 3.46. The van der Waals surface area contributed by atoms with Gasteiger partial charge >= 0.3 is 0 Å². The Morgan fingerprint density at radius 3 is 2.71 bits per heavy atom. The molecule has 4 rings (SSSR count). The van der Waals surface area contributed by atoms with Gasteiger partial charge in [0, 0.05) is 39.6 Å². The summed E-state index contributed by atoms with van der Waals surface area (Å²) in [6, 6.07) is 14.1. The molecule has 3 aromatic heterocycles. The molecule has 0 aliphatic carbocycles. The van der Waals surface area contributed by atoms with Gasteiger partial charge in [-0.15, -0.1) is 34.4 Å². The van der Waals surface area contributed by atoms with Gasteiger partial charge in [0.05, 0.1) is 11.1 Å². The van der Waals surface area contributed by atoms with Crippen molar-refractivity contribution >= 4 is 62.3 Å². The number of thiophene rings is 2. The van der Waals surface area contributed by atoms with Crippen molar-refractivity contribution in [2.75, 3.05) is 18.1 Å². The van der Waals surface area contributed by atoms with E-state index in [1.54, 1.807) is 27.7 Å². The molecule has 31 heavy (non-hydrogen) atoms. The fourth-order valence-electron chi connectivity index (χ4n) is 3.07. The molecule has 5 nitrogen and oxygen atoms in total. The molecular formula is C22H21N3O2S4. The van der Waals surface area contributed by atoms with Gasteiger partial charge in [0.25, 0.3) is 5.56 Å². The number of fused-ring (bicyclic) bond motifs is 1. The molecule has 0 aliphatic rings. The average molecular weight is 488 g/mol. The number of amides is 1. The molecule has 0 unspecified atom stereocenters. The molecular weight excluding hydrogens is 467 g/mol. The van der Waals surface area contributed by atoms with E-state index in [0.29, 0.717) is 23.6 Å². The lowest BCUT2D eigenvalue weighted by molar-refractivity contribution is -0.118. The molecule has 3 heterocycles. The van der Waals surface area contributed by atoms with E-state index in [0.717, 1.165) is 21.0 Å². The largest absolute Gasteiger partial charge is 0.355 e. The van der Waals surface area contributed by atoms with Crippen LogP contribution in [0.15, 0.2) is 68.1 Å². The smallest absolute Gasteiger partial charge is 0.263 e. The summed E-state index contributed by atoms with van der Waals surface area (Å²) in [7, 11) is 0. The van der Waals surface area contributed by atoms with Crippen molar-refractivity contribution in [1.29, 1.82) is 0 Å². The van der Waals surface area contributed by atoms with E-state index in [9.17, 15) is 9.59 Å². The third-order valence-corrected chi connectivity index (χ3v) is 8.30. The number of thioether (sulfide) groups is 2. The molecule has 0 bridgehead atoms. The van der Waals surface area contributed by atoms with Crippen molar-refractivity contribution in [3.8, 4) is 10.4 Å². The number of rotatable bonds is 9. The number of hydrogen-bond acceptors (Lipinski definition) is 7. The quantitative estimate of drug-likeness (QED) is 0.200. The number of nitrogens with one attached hydrogen (secondary N) is 1. The first-order chi connectivity index (χ1) is 15.2. The van der Waals surface area contributed by atoms with E-state index in [1.807, 2.05) is 48.0 Å². The van der Waals surface area contributed by atoms with Crippen LogP contribution in [0.1, 0.15) is 6.92 Å². The fourth-order valence-corrected chi connectivity index (χ4v) is 6.55. The molecule has 160 valence electrons. The molecule has 1 aromatic carbocycles. The van der Waals surface area contributed by atoms with E-state index in [1.165, 1.54) is 28.0 Å². The first-order valence-electron chi connectivity index (χ1n) is 9.80. The summed E-state index contributed by atoms with van der Waals surface area (Å²) in [6.45, 7) is 3.04. The molecule has 1 amide bonds. The second kappa shape index (κ2) is 10.5. The van der Waals surface area contributed by atoms with Crippen molar-refractivity contribution < 1.29 is 4.79 Å². The van der Waals surface area contributed by atoms with Gasteiger partial charge < -0.3 is 5.32 Å².